The Kier molecular flexibility index (Phi) is 6.53. The third-order valence-corrected chi connectivity index (χ3v) is 15.1. The normalized spacial score (nSPS) is 12.4. The number of ether oxygens (including phenoxy) is 1. The SMILES string of the molecule is CCOC(=O)C(CC)[As+](c1ccccc1)(c1ccccc1)c1ccccc1. The van der Waals surface area contributed by atoms with Crippen molar-refractivity contribution in [1.29, 1.82) is 0 Å². The summed E-state index contributed by atoms with van der Waals surface area (Å²) in [6, 6.07) is 31.7. The number of hydrogen-bond donors (Lipinski definition) is 0. The summed E-state index contributed by atoms with van der Waals surface area (Å²) in [6.45, 7) is 4.39. The van der Waals surface area contributed by atoms with Gasteiger partial charge in [0.25, 0.3) is 0 Å². The number of benzene rings is 3. The van der Waals surface area contributed by atoms with E-state index in [1.807, 2.05) is 25.1 Å². The predicted octanol–water partition coefficient (Wildman–Crippen LogP) is 3.50. The molecule has 27 heavy (non-hydrogen) atoms. The molecule has 0 N–H and O–H groups in total. The molecule has 0 saturated heterocycles. The molecule has 0 bridgehead atoms. The van der Waals surface area contributed by atoms with Gasteiger partial charge in [-0.25, -0.2) is 0 Å². The minimum atomic E-state index is -3.11. The molecule has 1 atom stereocenters. The van der Waals surface area contributed by atoms with Crippen molar-refractivity contribution in [3.8, 4) is 0 Å². The van der Waals surface area contributed by atoms with Gasteiger partial charge in [-0.05, 0) is 0 Å². The van der Waals surface area contributed by atoms with Crippen LogP contribution in [0.3, 0.4) is 0 Å². The molecule has 0 saturated carbocycles. The van der Waals surface area contributed by atoms with Gasteiger partial charge in [0.2, 0.25) is 0 Å². The molecule has 0 spiro atoms. The summed E-state index contributed by atoms with van der Waals surface area (Å²) in [7, 11) is 0. The van der Waals surface area contributed by atoms with Crippen molar-refractivity contribution >= 4 is 32.6 Å². The van der Waals surface area contributed by atoms with Crippen molar-refractivity contribution < 1.29 is 9.53 Å². The van der Waals surface area contributed by atoms with Crippen LogP contribution in [-0.2, 0) is 9.53 Å². The molecule has 3 rings (SSSR count). The molecule has 0 amide bonds. The molecular weight excluding hydrogens is 395 g/mol. The zero-order valence-electron chi connectivity index (χ0n) is 15.9. The van der Waals surface area contributed by atoms with Crippen LogP contribution in [0.2, 0.25) is 4.71 Å². The number of carbonyl (C=O) groups excluding carboxylic acids is 1. The Labute approximate surface area is 164 Å². The first-order chi connectivity index (χ1) is 13.2. The molecule has 0 heterocycles. The Morgan fingerprint density at radius 1 is 0.741 bits per heavy atom. The molecule has 0 aliphatic rings. The van der Waals surface area contributed by atoms with Crippen molar-refractivity contribution in [1.82, 2.24) is 0 Å². The van der Waals surface area contributed by atoms with E-state index in [4.69, 9.17) is 4.74 Å². The van der Waals surface area contributed by atoms with E-state index >= 15 is 0 Å². The molecule has 1 unspecified atom stereocenters. The minimum absolute atomic E-state index is 0.0796. The second kappa shape index (κ2) is 9.06. The third kappa shape index (κ3) is 3.73. The number of rotatable bonds is 7. The van der Waals surface area contributed by atoms with Gasteiger partial charge in [0.1, 0.15) is 0 Å². The van der Waals surface area contributed by atoms with Crippen LogP contribution < -0.4 is 13.1 Å². The number of carbonyl (C=O) groups is 1. The summed E-state index contributed by atoms with van der Waals surface area (Å²) in [6.07, 6.45) is 0.754. The maximum absolute atomic E-state index is 13.2. The molecule has 0 radical (unpaired) electrons. The van der Waals surface area contributed by atoms with Gasteiger partial charge in [0.15, 0.2) is 0 Å². The van der Waals surface area contributed by atoms with Gasteiger partial charge in [-0.15, -0.1) is 0 Å². The van der Waals surface area contributed by atoms with Crippen LogP contribution in [0.4, 0.5) is 0 Å². The quantitative estimate of drug-likeness (QED) is 0.431. The number of hydrogen-bond acceptors (Lipinski definition) is 2. The van der Waals surface area contributed by atoms with Crippen LogP contribution in [0.15, 0.2) is 91.0 Å². The molecule has 138 valence electrons. The predicted molar refractivity (Wildman–Crippen MR) is 115 cm³/mol. The average Bonchev–Trinajstić information content (AvgIpc) is 2.74. The fraction of sp³-hybridized carbons (Fsp3) is 0.208. The summed E-state index contributed by atoms with van der Waals surface area (Å²) in [4.78, 5) is 13.2. The van der Waals surface area contributed by atoms with E-state index in [2.05, 4.69) is 79.7 Å². The van der Waals surface area contributed by atoms with Gasteiger partial charge < -0.3 is 0 Å². The standard InChI is InChI=1S/C24H26AsO2/c1-3-23(24(26)27-4-2)25(20-14-8-5-9-15-20,21-16-10-6-11-17-21)22-18-12-7-13-19-22/h5-19,23H,3-4H2,1-2H3/q+1. The van der Waals surface area contributed by atoms with Crippen molar-refractivity contribution in [3.63, 3.8) is 0 Å². The molecule has 2 nitrogen and oxygen atoms in total. The van der Waals surface area contributed by atoms with E-state index < -0.39 is 13.6 Å². The van der Waals surface area contributed by atoms with Gasteiger partial charge in [0, 0.05) is 0 Å². The first kappa shape index (κ1) is 19.5. The van der Waals surface area contributed by atoms with E-state index in [0.29, 0.717) is 6.61 Å². The van der Waals surface area contributed by atoms with Gasteiger partial charge in [-0.1, -0.05) is 0 Å². The van der Waals surface area contributed by atoms with Crippen molar-refractivity contribution in [3.05, 3.63) is 91.0 Å². The molecule has 0 fully saturated rings. The zero-order chi connectivity index (χ0) is 19.1. The fourth-order valence-electron chi connectivity index (χ4n) is 3.81. The van der Waals surface area contributed by atoms with Crippen LogP contribution in [0, 0.1) is 0 Å². The summed E-state index contributed by atoms with van der Waals surface area (Å²) < 4.78 is 9.23. The van der Waals surface area contributed by atoms with Gasteiger partial charge in [0.05, 0.1) is 0 Å². The Hall–Kier alpha value is -2.31. The first-order valence-electron chi connectivity index (χ1n) is 9.47. The van der Waals surface area contributed by atoms with Gasteiger partial charge >= 0.3 is 165 Å². The second-order valence-electron chi connectivity index (χ2n) is 6.41. The molecule has 3 heteroatoms. The van der Waals surface area contributed by atoms with Gasteiger partial charge in [-0.2, -0.15) is 0 Å². The molecule has 0 aliphatic heterocycles. The fourth-order valence-corrected chi connectivity index (χ4v) is 14.0. The Balaban J connectivity index is 2.37. The molecule has 0 aliphatic carbocycles. The molecule has 3 aromatic rings. The first-order valence-corrected chi connectivity index (χ1v) is 13.4. The second-order valence-corrected chi connectivity index (χ2v) is 14.0. The molecular formula is C24H26AsO2+. The van der Waals surface area contributed by atoms with E-state index in [9.17, 15) is 4.79 Å². The van der Waals surface area contributed by atoms with Crippen molar-refractivity contribution in [2.24, 2.45) is 0 Å². The topological polar surface area (TPSA) is 26.3 Å². The van der Waals surface area contributed by atoms with E-state index in [1.165, 1.54) is 13.1 Å². The van der Waals surface area contributed by atoms with E-state index in [0.717, 1.165) is 6.42 Å². The van der Waals surface area contributed by atoms with Crippen LogP contribution in [-0.4, -0.2) is 26.1 Å². The van der Waals surface area contributed by atoms with Crippen LogP contribution >= 0.6 is 0 Å². The monoisotopic (exact) mass is 421 g/mol. The number of esters is 1. The summed E-state index contributed by atoms with van der Waals surface area (Å²) in [5.74, 6) is -0.0796. The molecule has 3 aromatic carbocycles. The van der Waals surface area contributed by atoms with Crippen LogP contribution in [0.5, 0.6) is 0 Å². The maximum atomic E-state index is 13.2. The van der Waals surface area contributed by atoms with E-state index in [1.54, 1.807) is 0 Å². The van der Waals surface area contributed by atoms with Crippen LogP contribution in [0.1, 0.15) is 20.3 Å². The Bertz CT molecular complexity index is 751. The van der Waals surface area contributed by atoms with E-state index in [-0.39, 0.29) is 10.7 Å². The Morgan fingerprint density at radius 2 is 1.11 bits per heavy atom. The van der Waals surface area contributed by atoms with Crippen molar-refractivity contribution in [2.45, 2.75) is 25.0 Å². The van der Waals surface area contributed by atoms with Gasteiger partial charge in [-0.3, -0.25) is 0 Å². The Morgan fingerprint density at radius 3 is 1.41 bits per heavy atom. The van der Waals surface area contributed by atoms with Crippen molar-refractivity contribution in [2.75, 3.05) is 6.61 Å². The summed E-state index contributed by atoms with van der Waals surface area (Å²) in [5, 5.41) is 0. The summed E-state index contributed by atoms with van der Waals surface area (Å²) in [5.41, 5.74) is 0. The zero-order valence-corrected chi connectivity index (χ0v) is 17.8. The summed E-state index contributed by atoms with van der Waals surface area (Å²) >= 11 is -3.11. The van der Waals surface area contributed by atoms with Crippen LogP contribution in [0.25, 0.3) is 0 Å². The average molecular weight is 421 g/mol. The third-order valence-electron chi connectivity index (χ3n) is 4.90. The molecule has 0 aromatic heterocycles.